The van der Waals surface area contributed by atoms with Gasteiger partial charge in [0.1, 0.15) is 18.3 Å². The molecule has 0 saturated carbocycles. The Balaban J connectivity index is 0.000000303. The quantitative estimate of drug-likeness (QED) is 0.821. The summed E-state index contributed by atoms with van der Waals surface area (Å²) in [5, 5.41) is 17.3. The molecule has 3 nitrogen and oxygen atoms in total. The van der Waals surface area contributed by atoms with Crippen molar-refractivity contribution < 1.29 is 15.0 Å². The number of carbonyl (C=O) groups is 1. The van der Waals surface area contributed by atoms with Gasteiger partial charge in [-0.15, -0.1) is 0 Å². The van der Waals surface area contributed by atoms with Crippen molar-refractivity contribution >= 4 is 12.4 Å². The van der Waals surface area contributed by atoms with Crippen LogP contribution in [-0.4, -0.2) is 17.0 Å². The summed E-state index contributed by atoms with van der Waals surface area (Å²) in [5.41, 5.74) is 2.34. The number of carbonyl (C=O) groups excluding carboxylic acids is 1. The summed E-state index contributed by atoms with van der Waals surface area (Å²) in [6, 6.07) is 16.0. The molecule has 0 heterocycles. The molecule has 0 fully saturated rings. The molecule has 0 saturated heterocycles. The Labute approximate surface area is 113 Å². The first-order valence-corrected chi connectivity index (χ1v) is 5.57. The molecule has 19 heavy (non-hydrogen) atoms. The Morgan fingerprint density at radius 1 is 0.895 bits per heavy atom. The number of rotatable bonds is 1. The lowest BCUT2D eigenvalue weighted by molar-refractivity contribution is -0.0979. The normalized spacial score (nSPS) is 8.26. The van der Waals surface area contributed by atoms with Crippen LogP contribution in [-0.2, 0) is 4.79 Å². The predicted octanol–water partition coefficient (Wildman–Crippen LogP) is 3.63. The molecule has 3 heteroatoms. The first-order chi connectivity index (χ1) is 9.09. The van der Waals surface area contributed by atoms with E-state index in [-0.39, 0.29) is 11.5 Å². The first-order valence-electron chi connectivity index (χ1n) is 5.57. The third-order valence-electron chi connectivity index (χ3n) is 2.10. The Kier molecular flexibility index (Phi) is 8.21. The summed E-state index contributed by atoms with van der Waals surface area (Å²) in [4.78, 5) is 8.00. The average Bonchev–Trinajstić information content (AvgIpc) is 2.42. The van der Waals surface area contributed by atoms with E-state index in [1.807, 2.05) is 31.9 Å². The standard InChI is InChI=1S/C9H10.C6H6O2.CH2O/c1-8(2)9-6-4-3-5-7-9;7-5-2-1-3-6(8)4-5;1-2/h3-7H,1H2,2H3;1-4,7-8H;1H2. The minimum absolute atomic E-state index is 0.0880. The fraction of sp³-hybridized carbons (Fsp3) is 0.0625. The van der Waals surface area contributed by atoms with Gasteiger partial charge in [-0.1, -0.05) is 48.6 Å². The van der Waals surface area contributed by atoms with Crippen LogP contribution < -0.4 is 0 Å². The van der Waals surface area contributed by atoms with E-state index in [4.69, 9.17) is 15.0 Å². The van der Waals surface area contributed by atoms with Crippen molar-refractivity contribution in [2.24, 2.45) is 0 Å². The highest BCUT2D eigenvalue weighted by Gasteiger charge is 1.86. The second-order valence-electron chi connectivity index (χ2n) is 3.67. The van der Waals surface area contributed by atoms with Crippen molar-refractivity contribution in [1.29, 1.82) is 0 Å². The fourth-order valence-corrected chi connectivity index (χ4v) is 1.22. The zero-order chi connectivity index (χ0) is 14.7. The molecule has 0 aliphatic rings. The molecule has 0 bridgehead atoms. The van der Waals surface area contributed by atoms with E-state index in [0.29, 0.717) is 0 Å². The molecule has 100 valence electrons. The third kappa shape index (κ3) is 7.39. The van der Waals surface area contributed by atoms with E-state index in [0.717, 1.165) is 5.57 Å². The van der Waals surface area contributed by atoms with Crippen molar-refractivity contribution in [3.63, 3.8) is 0 Å². The molecule has 0 spiro atoms. The van der Waals surface area contributed by atoms with Gasteiger partial charge in [0.25, 0.3) is 0 Å². The number of phenolic OH excluding ortho intramolecular Hbond substituents is 2. The summed E-state index contributed by atoms with van der Waals surface area (Å²) in [6.07, 6.45) is 0. The molecule has 0 aliphatic carbocycles. The summed E-state index contributed by atoms with van der Waals surface area (Å²) < 4.78 is 0. The molecule has 2 N–H and O–H groups in total. The van der Waals surface area contributed by atoms with Gasteiger partial charge in [0.15, 0.2) is 0 Å². The zero-order valence-corrected chi connectivity index (χ0v) is 10.9. The van der Waals surface area contributed by atoms with Crippen LogP contribution in [0.4, 0.5) is 0 Å². The molecule has 0 atom stereocenters. The summed E-state index contributed by atoms with van der Waals surface area (Å²) >= 11 is 0. The van der Waals surface area contributed by atoms with Crippen LogP contribution in [0, 0.1) is 0 Å². The zero-order valence-electron chi connectivity index (χ0n) is 10.9. The fourth-order valence-electron chi connectivity index (χ4n) is 1.22. The van der Waals surface area contributed by atoms with E-state index in [2.05, 4.69) is 18.7 Å². The first kappa shape index (κ1) is 16.4. The van der Waals surface area contributed by atoms with Crippen LogP contribution in [0.15, 0.2) is 61.2 Å². The van der Waals surface area contributed by atoms with Crippen molar-refractivity contribution in [2.75, 3.05) is 0 Å². The van der Waals surface area contributed by atoms with E-state index in [1.165, 1.54) is 23.8 Å². The van der Waals surface area contributed by atoms with Gasteiger partial charge in [-0.25, -0.2) is 0 Å². The predicted molar refractivity (Wildman–Crippen MR) is 78.0 cm³/mol. The maximum absolute atomic E-state index is 8.65. The number of allylic oxidation sites excluding steroid dienone is 1. The molecular formula is C16H18O3. The van der Waals surface area contributed by atoms with E-state index < -0.39 is 0 Å². The Bertz CT molecular complexity index is 475. The minimum atomic E-state index is 0.0880. The number of aromatic hydroxyl groups is 2. The van der Waals surface area contributed by atoms with Crippen LogP contribution in [0.2, 0.25) is 0 Å². The number of phenols is 2. The number of hydrogen-bond acceptors (Lipinski definition) is 3. The maximum Gasteiger partial charge on any atom is 0.119 e. The van der Waals surface area contributed by atoms with Gasteiger partial charge in [-0.3, -0.25) is 0 Å². The highest BCUT2D eigenvalue weighted by Crippen LogP contribution is 2.14. The van der Waals surface area contributed by atoms with Crippen molar-refractivity contribution in [3.05, 3.63) is 66.7 Å². The van der Waals surface area contributed by atoms with Gasteiger partial charge in [0.2, 0.25) is 0 Å². The Morgan fingerprint density at radius 3 is 1.63 bits per heavy atom. The summed E-state index contributed by atoms with van der Waals surface area (Å²) in [7, 11) is 0. The maximum atomic E-state index is 8.65. The topological polar surface area (TPSA) is 57.5 Å². The van der Waals surface area contributed by atoms with E-state index in [1.54, 1.807) is 6.07 Å². The summed E-state index contributed by atoms with van der Waals surface area (Å²) in [6.45, 7) is 7.83. The Hall–Kier alpha value is -2.55. The monoisotopic (exact) mass is 258 g/mol. The highest BCUT2D eigenvalue weighted by molar-refractivity contribution is 5.60. The molecule has 2 rings (SSSR count). The van der Waals surface area contributed by atoms with Crippen molar-refractivity contribution in [3.8, 4) is 11.5 Å². The number of benzene rings is 2. The Morgan fingerprint density at radius 2 is 1.37 bits per heavy atom. The van der Waals surface area contributed by atoms with Crippen LogP contribution in [0.25, 0.3) is 5.57 Å². The third-order valence-corrected chi connectivity index (χ3v) is 2.10. The highest BCUT2D eigenvalue weighted by atomic mass is 16.3. The molecule has 0 unspecified atom stereocenters. The van der Waals surface area contributed by atoms with Crippen molar-refractivity contribution in [1.82, 2.24) is 0 Å². The van der Waals surface area contributed by atoms with Crippen LogP contribution in [0.5, 0.6) is 11.5 Å². The van der Waals surface area contributed by atoms with Gasteiger partial charge in [0.05, 0.1) is 0 Å². The van der Waals surface area contributed by atoms with Gasteiger partial charge in [-0.05, 0) is 24.6 Å². The van der Waals surface area contributed by atoms with Gasteiger partial charge in [-0.2, -0.15) is 0 Å². The van der Waals surface area contributed by atoms with E-state index >= 15 is 0 Å². The minimum Gasteiger partial charge on any atom is -0.508 e. The number of hydrogen-bond donors (Lipinski definition) is 2. The van der Waals surface area contributed by atoms with Crippen molar-refractivity contribution in [2.45, 2.75) is 6.92 Å². The lowest BCUT2D eigenvalue weighted by Gasteiger charge is -1.94. The largest absolute Gasteiger partial charge is 0.508 e. The van der Waals surface area contributed by atoms with Gasteiger partial charge in [0, 0.05) is 6.07 Å². The van der Waals surface area contributed by atoms with Gasteiger partial charge < -0.3 is 15.0 Å². The van der Waals surface area contributed by atoms with Gasteiger partial charge >= 0.3 is 0 Å². The average molecular weight is 258 g/mol. The van der Waals surface area contributed by atoms with Crippen LogP contribution in [0.1, 0.15) is 12.5 Å². The lowest BCUT2D eigenvalue weighted by atomic mass is 10.1. The van der Waals surface area contributed by atoms with Crippen LogP contribution >= 0.6 is 0 Å². The second kappa shape index (κ2) is 9.48. The molecule has 0 aromatic heterocycles. The molecule has 2 aromatic rings. The summed E-state index contributed by atoms with van der Waals surface area (Å²) in [5.74, 6) is 0.176. The smallest absolute Gasteiger partial charge is 0.119 e. The lowest BCUT2D eigenvalue weighted by Crippen LogP contribution is -1.72. The molecular weight excluding hydrogens is 240 g/mol. The molecule has 2 aromatic carbocycles. The molecule has 0 aliphatic heterocycles. The SMILES string of the molecule is C=C(C)c1ccccc1.C=O.Oc1cccc(O)c1. The second-order valence-corrected chi connectivity index (χ2v) is 3.67. The van der Waals surface area contributed by atoms with Crippen LogP contribution in [0.3, 0.4) is 0 Å². The van der Waals surface area contributed by atoms with E-state index in [9.17, 15) is 0 Å². The molecule has 0 amide bonds. The molecule has 0 radical (unpaired) electrons.